The summed E-state index contributed by atoms with van der Waals surface area (Å²) >= 11 is 1.60. The largest absolute Gasteiger partial charge is 0.454 e. The molecule has 3 heterocycles. The highest BCUT2D eigenvalue weighted by Crippen LogP contribution is 2.33. The fourth-order valence-corrected chi connectivity index (χ4v) is 4.57. The second-order valence-corrected chi connectivity index (χ2v) is 8.89. The molecular weight excluding hydrogens is 432 g/mol. The molecule has 1 atom stereocenters. The quantitative estimate of drug-likeness (QED) is 0.543. The fraction of sp³-hybridized carbons (Fsp3) is 0.478. The maximum absolute atomic E-state index is 13.4. The van der Waals surface area contributed by atoms with Gasteiger partial charge in [-0.2, -0.15) is 0 Å². The standard InChI is InChI=1S/C23H28N2O6S/c1-28-15-23(27)25(12-18-4-2-8-29-18)14-22(26)24(13-19-5-3-9-32-19)11-17-6-7-20-21(10-17)31-16-30-20/h3,5-7,9-10,18H,2,4,8,11-16H2,1H3. The summed E-state index contributed by atoms with van der Waals surface area (Å²) in [4.78, 5) is 30.4. The lowest BCUT2D eigenvalue weighted by molar-refractivity contribution is -0.144. The predicted octanol–water partition coefficient (Wildman–Crippen LogP) is 2.66. The summed E-state index contributed by atoms with van der Waals surface area (Å²) in [6.07, 6.45) is 1.82. The number of thiophene rings is 1. The van der Waals surface area contributed by atoms with Crippen LogP contribution in [0.4, 0.5) is 0 Å². The number of nitrogens with zero attached hydrogens (tertiary/aromatic N) is 2. The van der Waals surface area contributed by atoms with Gasteiger partial charge in [-0.15, -0.1) is 11.3 Å². The third-order valence-electron chi connectivity index (χ3n) is 5.48. The van der Waals surface area contributed by atoms with Gasteiger partial charge in [0.15, 0.2) is 11.5 Å². The van der Waals surface area contributed by atoms with Crippen molar-refractivity contribution in [3.63, 3.8) is 0 Å². The topological polar surface area (TPSA) is 77.5 Å². The molecule has 1 aromatic heterocycles. The molecule has 1 fully saturated rings. The number of benzene rings is 1. The van der Waals surface area contributed by atoms with Crippen LogP contribution < -0.4 is 9.47 Å². The molecule has 0 spiro atoms. The first-order valence-corrected chi connectivity index (χ1v) is 11.6. The molecule has 2 aliphatic heterocycles. The van der Waals surface area contributed by atoms with E-state index in [4.69, 9.17) is 18.9 Å². The number of carbonyl (C=O) groups excluding carboxylic acids is 2. The summed E-state index contributed by atoms with van der Waals surface area (Å²) in [6, 6.07) is 9.66. The van der Waals surface area contributed by atoms with E-state index in [-0.39, 0.29) is 37.9 Å². The Hall–Kier alpha value is -2.62. The van der Waals surface area contributed by atoms with Crippen LogP contribution in [-0.2, 0) is 32.2 Å². The lowest BCUT2D eigenvalue weighted by Crippen LogP contribution is -2.46. The van der Waals surface area contributed by atoms with E-state index < -0.39 is 0 Å². The van der Waals surface area contributed by atoms with Gasteiger partial charge in [-0.25, -0.2) is 0 Å². The molecule has 0 saturated carbocycles. The summed E-state index contributed by atoms with van der Waals surface area (Å²) < 4.78 is 21.6. The monoisotopic (exact) mass is 460 g/mol. The Labute approximate surface area is 191 Å². The first-order chi connectivity index (χ1) is 15.6. The van der Waals surface area contributed by atoms with Gasteiger partial charge in [-0.3, -0.25) is 9.59 Å². The minimum atomic E-state index is -0.212. The van der Waals surface area contributed by atoms with Gasteiger partial charge in [0.25, 0.3) is 0 Å². The van der Waals surface area contributed by atoms with E-state index in [1.165, 1.54) is 7.11 Å². The second-order valence-electron chi connectivity index (χ2n) is 7.86. The van der Waals surface area contributed by atoms with Crippen LogP contribution in [0.25, 0.3) is 0 Å². The molecule has 0 radical (unpaired) electrons. The van der Waals surface area contributed by atoms with Crippen LogP contribution in [0.15, 0.2) is 35.7 Å². The second kappa shape index (κ2) is 10.8. The molecule has 1 saturated heterocycles. The van der Waals surface area contributed by atoms with Crippen molar-refractivity contribution in [2.75, 3.05) is 40.2 Å². The Morgan fingerprint density at radius 2 is 2.00 bits per heavy atom. The number of hydrogen-bond donors (Lipinski definition) is 0. The highest BCUT2D eigenvalue weighted by Gasteiger charge is 2.27. The molecular formula is C23H28N2O6S. The zero-order valence-electron chi connectivity index (χ0n) is 18.2. The molecule has 1 unspecified atom stereocenters. The lowest BCUT2D eigenvalue weighted by atomic mass is 10.1. The van der Waals surface area contributed by atoms with Crippen molar-refractivity contribution in [2.24, 2.45) is 0 Å². The van der Waals surface area contributed by atoms with Crippen molar-refractivity contribution in [3.05, 3.63) is 46.2 Å². The Morgan fingerprint density at radius 1 is 1.12 bits per heavy atom. The minimum absolute atomic E-state index is 0.0159. The van der Waals surface area contributed by atoms with Crippen LogP contribution in [-0.4, -0.2) is 67.9 Å². The maximum Gasteiger partial charge on any atom is 0.249 e. The van der Waals surface area contributed by atoms with Crippen LogP contribution in [0, 0.1) is 0 Å². The highest BCUT2D eigenvalue weighted by molar-refractivity contribution is 7.09. The number of ether oxygens (including phenoxy) is 4. The number of methoxy groups -OCH3 is 1. The molecule has 0 aliphatic carbocycles. The molecule has 2 amide bonds. The number of fused-ring (bicyclic) bond motifs is 1. The van der Waals surface area contributed by atoms with Gasteiger partial charge in [0.2, 0.25) is 18.6 Å². The van der Waals surface area contributed by atoms with Crippen molar-refractivity contribution >= 4 is 23.2 Å². The van der Waals surface area contributed by atoms with E-state index in [0.29, 0.717) is 37.7 Å². The zero-order chi connectivity index (χ0) is 22.3. The zero-order valence-corrected chi connectivity index (χ0v) is 19.0. The van der Waals surface area contributed by atoms with Crippen molar-refractivity contribution in [1.82, 2.24) is 9.80 Å². The van der Waals surface area contributed by atoms with E-state index >= 15 is 0 Å². The van der Waals surface area contributed by atoms with Gasteiger partial charge in [0.05, 0.1) is 19.2 Å². The molecule has 8 nitrogen and oxygen atoms in total. The highest BCUT2D eigenvalue weighted by atomic mass is 32.1. The number of rotatable bonds is 10. The molecule has 32 heavy (non-hydrogen) atoms. The van der Waals surface area contributed by atoms with Gasteiger partial charge in [0.1, 0.15) is 6.61 Å². The lowest BCUT2D eigenvalue weighted by Gasteiger charge is -2.29. The molecule has 2 aromatic rings. The third-order valence-corrected chi connectivity index (χ3v) is 6.35. The summed E-state index contributed by atoms with van der Waals surface area (Å²) in [5.41, 5.74) is 0.938. The fourth-order valence-electron chi connectivity index (χ4n) is 3.85. The van der Waals surface area contributed by atoms with Crippen LogP contribution in [0.5, 0.6) is 11.5 Å². The van der Waals surface area contributed by atoms with Gasteiger partial charge in [-0.1, -0.05) is 12.1 Å². The predicted molar refractivity (Wildman–Crippen MR) is 119 cm³/mol. The maximum atomic E-state index is 13.4. The van der Waals surface area contributed by atoms with Crippen LogP contribution >= 0.6 is 11.3 Å². The van der Waals surface area contributed by atoms with Gasteiger partial charge < -0.3 is 28.7 Å². The molecule has 0 N–H and O–H groups in total. The van der Waals surface area contributed by atoms with E-state index in [0.717, 1.165) is 23.3 Å². The van der Waals surface area contributed by atoms with Crippen LogP contribution in [0.2, 0.25) is 0 Å². The molecule has 2 aliphatic rings. The summed E-state index contributed by atoms with van der Waals surface area (Å²) in [6.45, 7) is 2.09. The van der Waals surface area contributed by atoms with E-state index in [1.807, 2.05) is 35.7 Å². The molecule has 4 rings (SSSR count). The normalized spacial score (nSPS) is 16.8. The van der Waals surface area contributed by atoms with E-state index in [1.54, 1.807) is 21.1 Å². The first-order valence-electron chi connectivity index (χ1n) is 10.7. The Bertz CT molecular complexity index is 913. The summed E-state index contributed by atoms with van der Waals surface area (Å²) in [7, 11) is 1.48. The summed E-state index contributed by atoms with van der Waals surface area (Å²) in [5.74, 6) is 1.05. The summed E-state index contributed by atoms with van der Waals surface area (Å²) in [5, 5.41) is 1.99. The number of carbonyl (C=O) groups is 2. The third kappa shape index (κ3) is 5.79. The number of amides is 2. The average Bonchev–Trinajstić information content (AvgIpc) is 3.55. The van der Waals surface area contributed by atoms with Crippen molar-refractivity contribution < 1.29 is 28.5 Å². The van der Waals surface area contributed by atoms with Crippen molar-refractivity contribution in [3.8, 4) is 11.5 Å². The molecule has 172 valence electrons. The van der Waals surface area contributed by atoms with Gasteiger partial charge in [-0.05, 0) is 42.0 Å². The van der Waals surface area contributed by atoms with Crippen LogP contribution in [0.1, 0.15) is 23.3 Å². The van der Waals surface area contributed by atoms with Gasteiger partial charge in [0, 0.05) is 31.7 Å². The van der Waals surface area contributed by atoms with Crippen molar-refractivity contribution in [2.45, 2.75) is 32.0 Å². The van der Waals surface area contributed by atoms with Gasteiger partial charge >= 0.3 is 0 Å². The molecule has 1 aromatic carbocycles. The molecule has 0 bridgehead atoms. The Balaban J connectivity index is 1.49. The average molecular weight is 461 g/mol. The van der Waals surface area contributed by atoms with E-state index in [9.17, 15) is 9.59 Å². The van der Waals surface area contributed by atoms with E-state index in [2.05, 4.69) is 0 Å². The smallest absolute Gasteiger partial charge is 0.249 e. The van der Waals surface area contributed by atoms with Crippen LogP contribution in [0.3, 0.4) is 0 Å². The SMILES string of the molecule is COCC(=O)N(CC(=O)N(Cc1ccc2c(c1)OCO2)Cc1cccs1)CC1CCCO1. The van der Waals surface area contributed by atoms with Crippen molar-refractivity contribution in [1.29, 1.82) is 0 Å². The Kier molecular flexibility index (Phi) is 7.62. The number of hydrogen-bond acceptors (Lipinski definition) is 7. The molecule has 9 heteroatoms. The Morgan fingerprint density at radius 3 is 2.75 bits per heavy atom. The first kappa shape index (κ1) is 22.6. The minimum Gasteiger partial charge on any atom is -0.454 e.